The average Bonchev–Trinajstić information content (AvgIpc) is 2.78. The third-order valence-electron chi connectivity index (χ3n) is 3.68. The monoisotopic (exact) mass is 230 g/mol. The van der Waals surface area contributed by atoms with Gasteiger partial charge in [-0.05, 0) is 43.9 Å². The van der Waals surface area contributed by atoms with Crippen LogP contribution in [0.2, 0.25) is 0 Å². The van der Waals surface area contributed by atoms with Gasteiger partial charge in [0, 0.05) is 17.4 Å². The van der Waals surface area contributed by atoms with Crippen LogP contribution in [0.15, 0.2) is 12.1 Å². The fourth-order valence-corrected chi connectivity index (χ4v) is 2.55. The second kappa shape index (κ2) is 3.32. The van der Waals surface area contributed by atoms with Crippen molar-refractivity contribution < 1.29 is 4.43 Å². The van der Waals surface area contributed by atoms with Crippen molar-refractivity contribution in [1.82, 2.24) is 4.73 Å². The van der Waals surface area contributed by atoms with E-state index in [4.69, 9.17) is 0 Å². The summed E-state index contributed by atoms with van der Waals surface area (Å²) in [5.74, 6) is 0. The molecule has 0 fully saturated rings. The van der Waals surface area contributed by atoms with Gasteiger partial charge in [-0.15, -0.1) is 0 Å². The van der Waals surface area contributed by atoms with E-state index in [-0.39, 0.29) is 0 Å². The average molecular weight is 230 g/mol. The Morgan fingerprint density at radius 1 is 1.24 bits per heavy atom. The van der Waals surface area contributed by atoms with Crippen LogP contribution in [0, 0.1) is 24.0 Å². The first-order valence-electron chi connectivity index (χ1n) is 5.87. The van der Waals surface area contributed by atoms with Crippen LogP contribution < -0.4 is 4.43 Å². The third kappa shape index (κ3) is 1.30. The van der Waals surface area contributed by atoms with Crippen molar-refractivity contribution in [3.05, 3.63) is 44.8 Å². The largest absolute Gasteiger partial charge is 0.805 e. The normalized spacial score (nSPS) is 14.2. The number of aromatic nitrogens is 2. The highest BCUT2D eigenvalue weighted by Gasteiger charge is 2.26. The molecular weight excluding hydrogens is 216 g/mol. The van der Waals surface area contributed by atoms with Gasteiger partial charge < -0.3 is 9.94 Å². The molecule has 88 valence electrons. The molecule has 0 saturated carbocycles. The van der Waals surface area contributed by atoms with E-state index in [1.807, 2.05) is 26.0 Å². The summed E-state index contributed by atoms with van der Waals surface area (Å²) < 4.78 is 1.89. The van der Waals surface area contributed by atoms with Crippen molar-refractivity contribution in [3.8, 4) is 0 Å². The van der Waals surface area contributed by atoms with Gasteiger partial charge in [0.25, 0.3) is 11.2 Å². The van der Waals surface area contributed by atoms with E-state index in [2.05, 4.69) is 0 Å². The van der Waals surface area contributed by atoms with Gasteiger partial charge in [0.2, 0.25) is 0 Å². The molecule has 1 aliphatic rings. The molecule has 0 bridgehead atoms. The fraction of sp³-hybridized carbons (Fsp3) is 0.385. The molecule has 0 spiro atoms. The molecule has 0 N–H and O–H groups in total. The summed E-state index contributed by atoms with van der Waals surface area (Å²) in [6.07, 6.45) is 2.32. The zero-order valence-electron chi connectivity index (χ0n) is 9.99. The molecule has 1 heterocycles. The molecule has 1 aromatic heterocycles. The van der Waals surface area contributed by atoms with Crippen LogP contribution in [0.25, 0.3) is 11.0 Å². The highest BCUT2D eigenvalue weighted by molar-refractivity contribution is 5.74. The maximum absolute atomic E-state index is 12.2. The highest BCUT2D eigenvalue weighted by atomic mass is 16.5. The van der Waals surface area contributed by atoms with Gasteiger partial charge in [-0.1, -0.05) is 0 Å². The zero-order chi connectivity index (χ0) is 12.2. The Bertz CT molecular complexity index is 686. The minimum absolute atomic E-state index is 0.490. The number of fused-ring (bicyclic) bond motifs is 2. The van der Waals surface area contributed by atoms with Crippen molar-refractivity contribution in [2.45, 2.75) is 33.1 Å². The molecule has 4 heteroatoms. The molecule has 0 unspecified atom stereocenters. The van der Waals surface area contributed by atoms with E-state index >= 15 is 0 Å². The van der Waals surface area contributed by atoms with Gasteiger partial charge >= 0.3 is 0 Å². The van der Waals surface area contributed by atoms with Crippen molar-refractivity contribution in [2.75, 3.05) is 0 Å². The molecular formula is C13H14N2O2. The predicted molar refractivity (Wildman–Crippen MR) is 65.6 cm³/mol. The molecule has 0 saturated heterocycles. The molecule has 1 aromatic carbocycles. The van der Waals surface area contributed by atoms with Crippen molar-refractivity contribution in [1.29, 1.82) is 0 Å². The lowest BCUT2D eigenvalue weighted by atomic mass is 10.1. The Morgan fingerprint density at radius 3 is 2.71 bits per heavy atom. The van der Waals surface area contributed by atoms with E-state index in [0.29, 0.717) is 35.3 Å². The van der Waals surface area contributed by atoms with Gasteiger partial charge in [-0.3, -0.25) is 0 Å². The van der Waals surface area contributed by atoms with Crippen LogP contribution in [0.3, 0.4) is 0 Å². The molecule has 0 radical (unpaired) electrons. The lowest BCUT2D eigenvalue weighted by Gasteiger charge is -2.16. The van der Waals surface area contributed by atoms with E-state index in [1.54, 1.807) is 0 Å². The van der Waals surface area contributed by atoms with Crippen molar-refractivity contribution in [2.24, 2.45) is 0 Å². The Kier molecular flexibility index (Phi) is 2.02. The summed E-state index contributed by atoms with van der Waals surface area (Å²) in [4.78, 5) is 12.2. The first kappa shape index (κ1) is 10.3. The van der Waals surface area contributed by atoms with Gasteiger partial charge in [-0.2, -0.15) is 0 Å². The second-order valence-corrected chi connectivity index (χ2v) is 4.76. The van der Waals surface area contributed by atoms with E-state index in [1.165, 1.54) is 0 Å². The summed E-state index contributed by atoms with van der Waals surface area (Å²) >= 11 is 0. The van der Waals surface area contributed by atoms with Crippen LogP contribution >= 0.6 is 0 Å². The van der Waals surface area contributed by atoms with E-state index in [9.17, 15) is 10.1 Å². The standard InChI is InChI=1S/C13H14N2O2/c1-8-6-12-13(7-9(8)2)15(17)11-5-3-4-10(11)14(12)16/h6-7H,3-5H2,1-2H3. The lowest BCUT2D eigenvalue weighted by molar-refractivity contribution is -0.474. The van der Waals surface area contributed by atoms with Gasteiger partial charge in [0.15, 0.2) is 0 Å². The van der Waals surface area contributed by atoms with Crippen LogP contribution in [0.4, 0.5) is 0 Å². The number of nitrogens with zero attached hydrogens (tertiary/aromatic N) is 2. The number of hydrogen-bond acceptors (Lipinski definition) is 2. The second-order valence-electron chi connectivity index (χ2n) is 4.76. The predicted octanol–water partition coefficient (Wildman–Crippen LogP) is 2.01. The van der Waals surface area contributed by atoms with Gasteiger partial charge in [0.1, 0.15) is 5.52 Å². The van der Waals surface area contributed by atoms with Crippen LogP contribution in [0.5, 0.6) is 0 Å². The van der Waals surface area contributed by atoms with Gasteiger partial charge in [-0.25, -0.2) is 0 Å². The van der Waals surface area contributed by atoms with E-state index in [0.717, 1.165) is 26.7 Å². The maximum atomic E-state index is 12.2. The smallest absolute Gasteiger partial charge is 0.286 e. The minimum Gasteiger partial charge on any atom is -0.805 e. The van der Waals surface area contributed by atoms with Crippen LogP contribution in [-0.2, 0) is 12.8 Å². The third-order valence-corrected chi connectivity index (χ3v) is 3.68. The summed E-state index contributed by atoms with van der Waals surface area (Å²) in [5, 5.41) is 12.2. The first-order valence-corrected chi connectivity index (χ1v) is 5.87. The van der Waals surface area contributed by atoms with Crippen molar-refractivity contribution in [3.63, 3.8) is 0 Å². The Balaban J connectivity index is 2.54. The molecule has 3 rings (SSSR count). The minimum atomic E-state index is 0.490. The fourth-order valence-electron chi connectivity index (χ4n) is 2.55. The number of hydrogen-bond donors (Lipinski definition) is 0. The number of aryl methyl sites for hydroxylation is 2. The molecule has 0 amide bonds. The van der Waals surface area contributed by atoms with Crippen LogP contribution in [0.1, 0.15) is 28.9 Å². The maximum Gasteiger partial charge on any atom is 0.286 e. The molecule has 4 nitrogen and oxygen atoms in total. The summed E-state index contributed by atoms with van der Waals surface area (Å²) in [6, 6.07) is 3.62. The molecule has 17 heavy (non-hydrogen) atoms. The highest BCUT2D eigenvalue weighted by Crippen LogP contribution is 2.23. The topological polar surface area (TPSA) is 51.0 Å². The quantitative estimate of drug-likeness (QED) is 0.650. The molecule has 0 aliphatic heterocycles. The first-order chi connectivity index (χ1) is 8.09. The summed E-state index contributed by atoms with van der Waals surface area (Å²) in [5.41, 5.74) is 4.36. The lowest BCUT2D eigenvalue weighted by Crippen LogP contribution is -2.25. The molecule has 2 aromatic rings. The van der Waals surface area contributed by atoms with Crippen LogP contribution in [-0.4, -0.2) is 4.73 Å². The Labute approximate surface area is 98.7 Å². The van der Waals surface area contributed by atoms with Crippen molar-refractivity contribution >= 4 is 11.0 Å². The van der Waals surface area contributed by atoms with Gasteiger partial charge in [0.05, 0.1) is 10.1 Å². The number of rotatable bonds is 0. The molecule has 0 atom stereocenters. The number of benzene rings is 1. The van der Waals surface area contributed by atoms with E-state index < -0.39 is 0 Å². The summed E-state index contributed by atoms with van der Waals surface area (Å²) in [6.45, 7) is 3.91. The zero-order valence-corrected chi connectivity index (χ0v) is 9.99. The summed E-state index contributed by atoms with van der Waals surface area (Å²) in [7, 11) is 0. The Hall–Kier alpha value is -1.84. The Morgan fingerprint density at radius 2 is 1.94 bits per heavy atom. The molecule has 1 aliphatic carbocycles. The SMILES string of the molecule is Cc1cc2c(cc1C)[n+](=O)c1c(n2[O-])CCC1.